The number of hydrogen-bond acceptors (Lipinski definition) is 8. The van der Waals surface area contributed by atoms with Crippen LogP contribution in [0.15, 0.2) is 59.8 Å². The number of nitrogens with one attached hydrogen (secondary N) is 2. The Hall–Kier alpha value is -3.96. The minimum absolute atomic E-state index is 0.0243. The Labute approximate surface area is 219 Å². The lowest BCUT2D eigenvalue weighted by Gasteiger charge is -2.20. The number of fused-ring (bicyclic) bond motifs is 2. The summed E-state index contributed by atoms with van der Waals surface area (Å²) in [5.74, 6) is 7.26. The van der Waals surface area contributed by atoms with Crippen LogP contribution in [0.25, 0.3) is 10.2 Å². The lowest BCUT2D eigenvalue weighted by molar-refractivity contribution is 0.592. The van der Waals surface area contributed by atoms with E-state index in [1.54, 1.807) is 29.5 Å². The number of hydrogen-bond donors (Lipinski definition) is 2. The van der Waals surface area contributed by atoms with Gasteiger partial charge in [-0.3, -0.25) is 4.31 Å². The SMILES string of the molecule is N#Cc1ccccc1S(=O)(=O)N1CCc2cc(Nc3ncnc4cc(C#CC5CCCN5)sc34)ccc21. The first-order valence-corrected chi connectivity index (χ1v) is 14.2. The number of rotatable bonds is 4. The maximum Gasteiger partial charge on any atom is 0.265 e. The first-order chi connectivity index (χ1) is 18.0. The van der Waals surface area contributed by atoms with E-state index in [4.69, 9.17) is 0 Å². The van der Waals surface area contributed by atoms with Gasteiger partial charge < -0.3 is 10.6 Å². The molecule has 6 rings (SSSR count). The number of thiophene rings is 1. The lowest BCUT2D eigenvalue weighted by atomic mass is 10.1. The van der Waals surface area contributed by atoms with Crippen molar-refractivity contribution < 1.29 is 8.42 Å². The van der Waals surface area contributed by atoms with Gasteiger partial charge in [0.05, 0.1) is 32.4 Å². The normalized spacial score (nSPS) is 16.7. The fourth-order valence-corrected chi connectivity index (χ4v) is 7.27. The average molecular weight is 527 g/mol. The molecule has 4 heterocycles. The molecule has 4 aromatic rings. The molecule has 1 fully saturated rings. The molecule has 8 nitrogen and oxygen atoms in total. The second-order valence-electron chi connectivity index (χ2n) is 8.87. The highest BCUT2D eigenvalue weighted by Gasteiger charge is 2.32. The van der Waals surface area contributed by atoms with E-state index in [1.807, 2.05) is 24.3 Å². The van der Waals surface area contributed by atoms with Gasteiger partial charge in [0, 0.05) is 12.2 Å². The molecule has 2 aliphatic rings. The molecule has 2 N–H and O–H groups in total. The molecule has 1 unspecified atom stereocenters. The molecule has 2 aromatic heterocycles. The number of sulfonamides is 1. The van der Waals surface area contributed by atoms with Gasteiger partial charge in [-0.05, 0) is 67.8 Å². The molecular weight excluding hydrogens is 504 g/mol. The Balaban J connectivity index is 1.27. The third-order valence-corrected chi connectivity index (χ3v) is 9.43. The van der Waals surface area contributed by atoms with E-state index in [1.165, 1.54) is 22.8 Å². The summed E-state index contributed by atoms with van der Waals surface area (Å²) in [4.78, 5) is 9.82. The monoisotopic (exact) mass is 526 g/mol. The second kappa shape index (κ2) is 9.49. The molecule has 0 aliphatic carbocycles. The molecule has 2 aliphatic heterocycles. The largest absolute Gasteiger partial charge is 0.339 e. The molecule has 1 atom stereocenters. The van der Waals surface area contributed by atoms with Crippen molar-refractivity contribution in [2.45, 2.75) is 30.2 Å². The topological polar surface area (TPSA) is 111 Å². The van der Waals surface area contributed by atoms with Gasteiger partial charge >= 0.3 is 0 Å². The van der Waals surface area contributed by atoms with E-state index in [9.17, 15) is 13.7 Å². The molecule has 37 heavy (non-hydrogen) atoms. The zero-order valence-corrected chi connectivity index (χ0v) is 21.4. The average Bonchev–Trinajstić information content (AvgIpc) is 3.67. The molecule has 0 amide bonds. The first-order valence-electron chi connectivity index (χ1n) is 11.9. The fraction of sp³-hybridized carbons (Fsp3) is 0.222. The molecule has 10 heteroatoms. The fourth-order valence-electron chi connectivity index (χ4n) is 4.71. The minimum atomic E-state index is -3.85. The van der Waals surface area contributed by atoms with Crippen LogP contribution in [0.2, 0.25) is 0 Å². The van der Waals surface area contributed by atoms with Crippen molar-refractivity contribution in [1.82, 2.24) is 15.3 Å². The third-order valence-electron chi connectivity index (χ3n) is 6.51. The Morgan fingerprint density at radius 1 is 1.16 bits per heavy atom. The van der Waals surface area contributed by atoms with Crippen molar-refractivity contribution in [1.29, 1.82) is 5.26 Å². The van der Waals surface area contributed by atoms with E-state index in [0.29, 0.717) is 24.5 Å². The van der Waals surface area contributed by atoms with Crippen LogP contribution in [0.5, 0.6) is 0 Å². The summed E-state index contributed by atoms with van der Waals surface area (Å²) in [6, 6.07) is 16.1. The van der Waals surface area contributed by atoms with Gasteiger partial charge in [-0.15, -0.1) is 11.3 Å². The van der Waals surface area contributed by atoms with Crippen molar-refractivity contribution in [2.75, 3.05) is 22.7 Å². The van der Waals surface area contributed by atoms with Crippen LogP contribution in [-0.2, 0) is 16.4 Å². The minimum Gasteiger partial charge on any atom is -0.339 e. The van der Waals surface area contributed by atoms with Crippen LogP contribution in [0.3, 0.4) is 0 Å². The molecule has 184 valence electrons. The van der Waals surface area contributed by atoms with Gasteiger partial charge in [0.25, 0.3) is 10.0 Å². The van der Waals surface area contributed by atoms with Gasteiger partial charge in [0.15, 0.2) is 5.82 Å². The van der Waals surface area contributed by atoms with E-state index in [0.717, 1.165) is 45.7 Å². The van der Waals surface area contributed by atoms with E-state index in [-0.39, 0.29) is 16.5 Å². The standard InChI is InChI=1S/C27H22N6O2S2/c28-16-19-4-1-2-6-25(19)37(34,35)33-13-11-18-14-21(8-10-24(18)33)32-27-26-23(30-17-31-27)15-22(36-26)9-7-20-5-3-12-29-20/h1-2,4,6,8,10,14-15,17,20,29H,3,5,11-13H2,(H,30,31,32). The first kappa shape index (κ1) is 23.4. The number of nitriles is 1. The summed E-state index contributed by atoms with van der Waals surface area (Å²) >= 11 is 1.55. The van der Waals surface area contributed by atoms with Crippen LogP contribution in [0, 0.1) is 23.2 Å². The second-order valence-corrected chi connectivity index (χ2v) is 11.8. The van der Waals surface area contributed by atoms with Crippen LogP contribution in [-0.4, -0.2) is 37.5 Å². The Bertz CT molecular complexity index is 1720. The number of benzene rings is 2. The molecule has 2 aromatic carbocycles. The van der Waals surface area contributed by atoms with E-state index >= 15 is 0 Å². The number of anilines is 3. The van der Waals surface area contributed by atoms with Crippen molar-refractivity contribution >= 4 is 48.8 Å². The summed E-state index contributed by atoms with van der Waals surface area (Å²) in [6.07, 6.45) is 4.34. The zero-order chi connectivity index (χ0) is 25.4. The molecule has 1 saturated heterocycles. The molecule has 0 spiro atoms. The highest BCUT2D eigenvalue weighted by molar-refractivity contribution is 7.93. The van der Waals surface area contributed by atoms with Gasteiger partial charge in [0.2, 0.25) is 0 Å². The van der Waals surface area contributed by atoms with Crippen molar-refractivity contribution in [3.8, 4) is 17.9 Å². The third kappa shape index (κ3) is 4.40. The van der Waals surface area contributed by atoms with E-state index in [2.05, 4.69) is 32.4 Å². The Morgan fingerprint density at radius 2 is 2.05 bits per heavy atom. The van der Waals surface area contributed by atoms with Gasteiger partial charge in [-0.2, -0.15) is 5.26 Å². The predicted molar refractivity (Wildman–Crippen MR) is 144 cm³/mol. The van der Waals surface area contributed by atoms with Crippen LogP contribution in [0.4, 0.5) is 17.2 Å². The Morgan fingerprint density at radius 3 is 2.89 bits per heavy atom. The van der Waals surface area contributed by atoms with Gasteiger partial charge in [0.1, 0.15) is 17.3 Å². The number of nitrogens with zero attached hydrogens (tertiary/aromatic N) is 4. The molecule has 0 bridgehead atoms. The summed E-state index contributed by atoms with van der Waals surface area (Å²) in [5, 5.41) is 16.2. The lowest BCUT2D eigenvalue weighted by Crippen LogP contribution is -2.29. The highest BCUT2D eigenvalue weighted by atomic mass is 32.2. The van der Waals surface area contributed by atoms with Crippen LogP contribution in [0.1, 0.15) is 28.8 Å². The highest BCUT2D eigenvalue weighted by Crippen LogP contribution is 2.37. The van der Waals surface area contributed by atoms with Crippen LogP contribution < -0.4 is 14.9 Å². The maximum absolute atomic E-state index is 13.4. The van der Waals surface area contributed by atoms with Crippen molar-refractivity contribution in [3.05, 3.63) is 70.9 Å². The summed E-state index contributed by atoms with van der Waals surface area (Å²) in [7, 11) is -3.85. The number of aromatic nitrogens is 2. The maximum atomic E-state index is 13.4. The molecule has 0 saturated carbocycles. The van der Waals surface area contributed by atoms with Crippen molar-refractivity contribution in [3.63, 3.8) is 0 Å². The predicted octanol–water partition coefficient (Wildman–Crippen LogP) is 4.16. The summed E-state index contributed by atoms with van der Waals surface area (Å²) in [5.41, 5.74) is 3.32. The van der Waals surface area contributed by atoms with Crippen LogP contribution >= 0.6 is 11.3 Å². The van der Waals surface area contributed by atoms with Gasteiger partial charge in [-0.1, -0.05) is 24.0 Å². The summed E-state index contributed by atoms with van der Waals surface area (Å²) in [6.45, 7) is 1.34. The van der Waals surface area contributed by atoms with E-state index < -0.39 is 10.0 Å². The Kier molecular flexibility index (Phi) is 6.01. The summed E-state index contributed by atoms with van der Waals surface area (Å²) < 4.78 is 29.0. The molecular formula is C27H22N6O2S2. The van der Waals surface area contributed by atoms with Crippen molar-refractivity contribution in [2.24, 2.45) is 0 Å². The van der Waals surface area contributed by atoms with Gasteiger partial charge in [-0.25, -0.2) is 18.4 Å². The zero-order valence-electron chi connectivity index (χ0n) is 19.7. The quantitative estimate of drug-likeness (QED) is 0.384. The molecule has 0 radical (unpaired) electrons. The smallest absolute Gasteiger partial charge is 0.265 e.